The summed E-state index contributed by atoms with van der Waals surface area (Å²) < 4.78 is 2.12. The Kier molecular flexibility index (Phi) is 6.71. The Bertz CT molecular complexity index is 1140. The molecule has 34 heavy (non-hydrogen) atoms. The van der Waals surface area contributed by atoms with E-state index >= 15 is 0 Å². The predicted octanol–water partition coefficient (Wildman–Crippen LogP) is 6.66. The van der Waals surface area contributed by atoms with Gasteiger partial charge in [0.05, 0.1) is 28.0 Å². The Hall–Kier alpha value is -2.88. The maximum absolute atomic E-state index is 13.9. The number of aromatic nitrogens is 2. The topological polar surface area (TPSA) is 46.9 Å². The number of fused-ring (bicyclic) bond motifs is 1. The van der Waals surface area contributed by atoms with Gasteiger partial charge < -0.3 is 5.32 Å². The molecule has 0 saturated carbocycles. The molecule has 0 spiro atoms. The molecule has 4 heteroatoms. The maximum atomic E-state index is 13.9. The van der Waals surface area contributed by atoms with E-state index in [9.17, 15) is 4.79 Å². The zero-order valence-electron chi connectivity index (χ0n) is 21.6. The number of hydrogen-bond acceptors (Lipinski definition) is 2. The van der Waals surface area contributed by atoms with Crippen molar-refractivity contribution >= 4 is 5.91 Å². The first kappa shape index (κ1) is 24.3. The van der Waals surface area contributed by atoms with Gasteiger partial charge in [0.1, 0.15) is 0 Å². The molecule has 2 heterocycles. The summed E-state index contributed by atoms with van der Waals surface area (Å²) in [7, 11) is 0. The van der Waals surface area contributed by atoms with Crippen LogP contribution in [0.4, 0.5) is 0 Å². The van der Waals surface area contributed by atoms with Crippen LogP contribution in [0.15, 0.2) is 54.6 Å². The molecule has 4 rings (SSSR count). The van der Waals surface area contributed by atoms with Crippen LogP contribution in [-0.4, -0.2) is 15.7 Å². The molecule has 4 nitrogen and oxygen atoms in total. The van der Waals surface area contributed by atoms with Gasteiger partial charge in [-0.2, -0.15) is 5.10 Å². The smallest absolute Gasteiger partial charge is 0.255 e. The summed E-state index contributed by atoms with van der Waals surface area (Å²) in [5, 5.41) is 8.35. The molecule has 1 amide bonds. The minimum absolute atomic E-state index is 0.00784. The zero-order valence-corrected chi connectivity index (χ0v) is 21.6. The van der Waals surface area contributed by atoms with Crippen LogP contribution in [0.5, 0.6) is 0 Å². The van der Waals surface area contributed by atoms with Crippen molar-refractivity contribution < 1.29 is 4.79 Å². The van der Waals surface area contributed by atoms with Crippen LogP contribution in [0.2, 0.25) is 0 Å². The van der Waals surface area contributed by atoms with E-state index < -0.39 is 5.54 Å². The lowest BCUT2D eigenvalue weighted by Crippen LogP contribution is -2.46. The number of benzene rings is 2. The van der Waals surface area contributed by atoms with E-state index in [-0.39, 0.29) is 11.4 Å². The highest BCUT2D eigenvalue weighted by atomic mass is 16.1. The van der Waals surface area contributed by atoms with Crippen molar-refractivity contribution in [2.75, 3.05) is 0 Å². The summed E-state index contributed by atoms with van der Waals surface area (Å²) in [6.45, 7) is 12.9. The van der Waals surface area contributed by atoms with E-state index in [1.54, 1.807) is 0 Å². The fourth-order valence-electron chi connectivity index (χ4n) is 5.76. The summed E-state index contributed by atoms with van der Waals surface area (Å²) in [5.74, 6) is 0.363. The molecule has 180 valence electrons. The van der Waals surface area contributed by atoms with Gasteiger partial charge in [0.15, 0.2) is 0 Å². The van der Waals surface area contributed by atoms with Crippen molar-refractivity contribution in [2.45, 2.75) is 90.6 Å². The number of nitrogens with zero attached hydrogens (tertiary/aromatic N) is 2. The van der Waals surface area contributed by atoms with Gasteiger partial charge >= 0.3 is 0 Å². The molecule has 0 unspecified atom stereocenters. The second-order valence-corrected chi connectivity index (χ2v) is 10.4. The summed E-state index contributed by atoms with van der Waals surface area (Å²) >= 11 is 0. The van der Waals surface area contributed by atoms with E-state index in [1.165, 1.54) is 16.7 Å². The van der Waals surface area contributed by atoms with Crippen molar-refractivity contribution in [1.82, 2.24) is 15.1 Å². The Balaban J connectivity index is 1.71. The molecule has 1 aromatic heterocycles. The van der Waals surface area contributed by atoms with E-state index in [2.05, 4.69) is 99.2 Å². The summed E-state index contributed by atoms with van der Waals surface area (Å²) in [6.07, 6.45) is 4.51. The molecule has 1 N–H and O–H groups in total. The average Bonchev–Trinajstić information content (AvgIpc) is 3.20. The molecule has 3 aromatic rings. The van der Waals surface area contributed by atoms with E-state index in [1.807, 2.05) is 6.92 Å². The third kappa shape index (κ3) is 4.31. The molecule has 1 aliphatic heterocycles. The number of nitrogens with one attached hydrogen (secondary N) is 1. The zero-order chi connectivity index (χ0) is 24.5. The summed E-state index contributed by atoms with van der Waals surface area (Å²) in [6, 6.07) is 19.4. The highest BCUT2D eigenvalue weighted by Crippen LogP contribution is 2.41. The van der Waals surface area contributed by atoms with Gasteiger partial charge in [-0.3, -0.25) is 9.48 Å². The summed E-state index contributed by atoms with van der Waals surface area (Å²) in [4.78, 5) is 13.9. The highest BCUT2D eigenvalue weighted by Gasteiger charge is 2.39. The molecule has 2 aromatic carbocycles. The molecule has 0 radical (unpaired) electrons. The molecule has 0 bridgehead atoms. The number of carbonyl (C=O) groups is 1. The lowest BCUT2D eigenvalue weighted by molar-refractivity contribution is 0.0886. The standard InChI is InChI=1S/C30H39N3O/c1-7-22-15-17-25(18-16-22)30(8-2,9-3)31-28(34)27-21(4)32-33-26(27)19-24(20-29(33,5)6)23-13-11-10-12-14-23/h10-18,24H,7-9,19-20H2,1-6H3,(H,31,34)/t24-/m0/s1. The van der Waals surface area contributed by atoms with Crippen molar-refractivity contribution in [2.24, 2.45) is 0 Å². The Morgan fingerprint density at radius 1 is 1.06 bits per heavy atom. The third-order valence-corrected chi connectivity index (χ3v) is 7.89. The van der Waals surface area contributed by atoms with E-state index in [4.69, 9.17) is 5.10 Å². The quantitative estimate of drug-likeness (QED) is 0.431. The van der Waals surface area contributed by atoms with Crippen molar-refractivity contribution in [3.8, 4) is 0 Å². The van der Waals surface area contributed by atoms with Crippen LogP contribution in [0.3, 0.4) is 0 Å². The van der Waals surface area contributed by atoms with Gasteiger partial charge in [0.25, 0.3) is 5.91 Å². The highest BCUT2D eigenvalue weighted by molar-refractivity contribution is 5.97. The molecule has 0 aliphatic carbocycles. The van der Waals surface area contributed by atoms with Gasteiger partial charge in [-0.05, 0) is 75.5 Å². The van der Waals surface area contributed by atoms with Gasteiger partial charge in [0.2, 0.25) is 0 Å². The van der Waals surface area contributed by atoms with E-state index in [0.29, 0.717) is 5.92 Å². The number of amides is 1. The van der Waals surface area contributed by atoms with Crippen molar-refractivity contribution in [3.05, 3.63) is 88.2 Å². The number of rotatable bonds is 7. The normalized spacial score (nSPS) is 17.3. The number of carbonyl (C=O) groups excluding carboxylic acids is 1. The number of aryl methyl sites for hydroxylation is 2. The predicted molar refractivity (Wildman–Crippen MR) is 139 cm³/mol. The molecular formula is C30H39N3O. The minimum Gasteiger partial charge on any atom is -0.342 e. The van der Waals surface area contributed by atoms with Crippen LogP contribution in [0.25, 0.3) is 0 Å². The van der Waals surface area contributed by atoms with Gasteiger partial charge in [-0.25, -0.2) is 0 Å². The fraction of sp³-hybridized carbons (Fsp3) is 0.467. The Morgan fingerprint density at radius 2 is 1.71 bits per heavy atom. The van der Waals surface area contributed by atoms with Gasteiger partial charge in [0, 0.05) is 0 Å². The van der Waals surface area contributed by atoms with Crippen LogP contribution in [-0.2, 0) is 23.9 Å². The van der Waals surface area contributed by atoms with Crippen molar-refractivity contribution in [1.29, 1.82) is 0 Å². The second-order valence-electron chi connectivity index (χ2n) is 10.4. The van der Waals surface area contributed by atoms with Gasteiger partial charge in [-0.15, -0.1) is 0 Å². The third-order valence-electron chi connectivity index (χ3n) is 7.89. The monoisotopic (exact) mass is 457 g/mol. The summed E-state index contributed by atoms with van der Waals surface area (Å²) in [5.41, 5.74) is 5.90. The Labute approximate surface area is 204 Å². The second kappa shape index (κ2) is 9.40. The minimum atomic E-state index is -0.395. The first-order valence-corrected chi connectivity index (χ1v) is 12.8. The first-order chi connectivity index (χ1) is 16.2. The van der Waals surface area contributed by atoms with E-state index in [0.717, 1.165) is 49.1 Å². The molecule has 0 saturated heterocycles. The first-order valence-electron chi connectivity index (χ1n) is 12.8. The number of hydrogen-bond donors (Lipinski definition) is 1. The molecular weight excluding hydrogens is 418 g/mol. The Morgan fingerprint density at radius 3 is 2.29 bits per heavy atom. The van der Waals surface area contributed by atoms with Gasteiger partial charge in [-0.1, -0.05) is 75.4 Å². The fourth-order valence-corrected chi connectivity index (χ4v) is 5.76. The SMILES string of the molecule is CCc1ccc(C(CC)(CC)NC(=O)c2c(C)nn3c2C[C@H](c2ccccc2)CC3(C)C)cc1. The van der Waals surface area contributed by atoms with Crippen molar-refractivity contribution in [3.63, 3.8) is 0 Å². The lowest BCUT2D eigenvalue weighted by atomic mass is 9.79. The molecule has 1 aliphatic rings. The maximum Gasteiger partial charge on any atom is 0.255 e. The van der Waals surface area contributed by atoms with Crippen LogP contribution >= 0.6 is 0 Å². The van der Waals surface area contributed by atoms with Crippen LogP contribution < -0.4 is 5.32 Å². The lowest BCUT2D eigenvalue weighted by Gasteiger charge is -2.38. The van der Waals surface area contributed by atoms with Crippen LogP contribution in [0.1, 0.15) is 98.2 Å². The molecule has 0 fully saturated rings. The largest absolute Gasteiger partial charge is 0.342 e. The average molecular weight is 458 g/mol. The van der Waals surface area contributed by atoms with Crippen LogP contribution in [0, 0.1) is 6.92 Å². The molecule has 1 atom stereocenters.